The molecule has 1 N–H and O–H groups in total. The van der Waals surface area contributed by atoms with Gasteiger partial charge in [-0.2, -0.15) is 0 Å². The number of amides is 2. The van der Waals surface area contributed by atoms with Gasteiger partial charge in [-0.05, 0) is 37.1 Å². The summed E-state index contributed by atoms with van der Waals surface area (Å²) in [5, 5.41) is 2.85. The number of nitrogens with one attached hydrogen (secondary N) is 1. The van der Waals surface area contributed by atoms with Crippen LogP contribution in [0.25, 0.3) is 0 Å². The van der Waals surface area contributed by atoms with Gasteiger partial charge in [0.05, 0.1) is 12.8 Å². The Hall–Kier alpha value is -2.76. The van der Waals surface area contributed by atoms with Gasteiger partial charge in [-0.15, -0.1) is 0 Å². The molecule has 0 radical (unpaired) electrons. The SMILES string of the molecule is O=C(NCc1ccco1)C1(C(=O)N2CCN(c3ccccc3)CC2)CC1. The summed E-state index contributed by atoms with van der Waals surface area (Å²) in [4.78, 5) is 29.7. The molecular formula is C20H23N3O3. The van der Waals surface area contributed by atoms with Crippen LogP contribution in [-0.4, -0.2) is 42.9 Å². The first-order chi connectivity index (χ1) is 12.7. The van der Waals surface area contributed by atoms with Crippen molar-refractivity contribution in [2.75, 3.05) is 31.1 Å². The minimum absolute atomic E-state index is 0.0258. The molecule has 0 spiro atoms. The maximum absolute atomic E-state index is 13.0. The predicted molar refractivity (Wildman–Crippen MR) is 97.5 cm³/mol. The van der Waals surface area contributed by atoms with E-state index >= 15 is 0 Å². The van der Waals surface area contributed by atoms with Crippen molar-refractivity contribution in [3.8, 4) is 0 Å². The number of carbonyl (C=O) groups is 2. The van der Waals surface area contributed by atoms with Gasteiger partial charge in [0.2, 0.25) is 11.8 Å². The van der Waals surface area contributed by atoms with Crippen LogP contribution in [0.15, 0.2) is 53.1 Å². The highest BCUT2D eigenvalue weighted by Crippen LogP contribution is 2.47. The second-order valence-electron chi connectivity index (χ2n) is 6.96. The van der Waals surface area contributed by atoms with E-state index in [4.69, 9.17) is 4.42 Å². The number of hydrogen-bond donors (Lipinski definition) is 1. The number of piperazine rings is 1. The second kappa shape index (κ2) is 6.86. The first kappa shape index (κ1) is 16.7. The number of nitrogens with zero attached hydrogens (tertiary/aromatic N) is 2. The number of hydrogen-bond acceptors (Lipinski definition) is 4. The highest BCUT2D eigenvalue weighted by atomic mass is 16.3. The Morgan fingerprint density at radius 2 is 1.73 bits per heavy atom. The van der Waals surface area contributed by atoms with E-state index in [1.165, 1.54) is 5.69 Å². The normalized spacial score (nSPS) is 18.5. The number of anilines is 1. The third kappa shape index (κ3) is 3.19. The number of rotatable bonds is 5. The zero-order valence-electron chi connectivity index (χ0n) is 14.7. The lowest BCUT2D eigenvalue weighted by molar-refractivity contribution is -0.144. The van der Waals surface area contributed by atoms with Crippen molar-refractivity contribution in [1.82, 2.24) is 10.2 Å². The molecule has 2 aliphatic rings. The van der Waals surface area contributed by atoms with Crippen molar-refractivity contribution in [2.45, 2.75) is 19.4 Å². The average molecular weight is 353 g/mol. The zero-order valence-corrected chi connectivity index (χ0v) is 14.7. The largest absolute Gasteiger partial charge is 0.467 e. The molecule has 6 heteroatoms. The lowest BCUT2D eigenvalue weighted by Crippen LogP contribution is -2.53. The monoisotopic (exact) mass is 353 g/mol. The van der Waals surface area contributed by atoms with Crippen LogP contribution in [0.1, 0.15) is 18.6 Å². The van der Waals surface area contributed by atoms with Crippen LogP contribution >= 0.6 is 0 Å². The Bertz CT molecular complexity index is 761. The lowest BCUT2D eigenvalue weighted by Gasteiger charge is -2.37. The van der Waals surface area contributed by atoms with Crippen molar-refractivity contribution in [1.29, 1.82) is 0 Å². The second-order valence-corrected chi connectivity index (χ2v) is 6.96. The van der Waals surface area contributed by atoms with E-state index in [9.17, 15) is 9.59 Å². The highest BCUT2D eigenvalue weighted by molar-refractivity contribution is 6.07. The molecular weight excluding hydrogens is 330 g/mol. The molecule has 0 bridgehead atoms. The number of para-hydroxylation sites is 1. The molecule has 1 saturated carbocycles. The molecule has 2 heterocycles. The van der Waals surface area contributed by atoms with Crippen LogP contribution < -0.4 is 10.2 Å². The van der Waals surface area contributed by atoms with Gasteiger partial charge in [0.15, 0.2) is 0 Å². The molecule has 136 valence electrons. The molecule has 2 amide bonds. The molecule has 4 rings (SSSR count). The average Bonchev–Trinajstić information content (AvgIpc) is 3.35. The molecule has 0 unspecified atom stereocenters. The zero-order chi connectivity index (χ0) is 18.0. The summed E-state index contributed by atoms with van der Waals surface area (Å²) in [7, 11) is 0. The fourth-order valence-electron chi connectivity index (χ4n) is 3.52. The summed E-state index contributed by atoms with van der Waals surface area (Å²) >= 11 is 0. The quantitative estimate of drug-likeness (QED) is 0.836. The fraction of sp³-hybridized carbons (Fsp3) is 0.400. The van der Waals surface area contributed by atoms with Gasteiger partial charge in [-0.1, -0.05) is 18.2 Å². The van der Waals surface area contributed by atoms with E-state index in [2.05, 4.69) is 22.3 Å². The summed E-state index contributed by atoms with van der Waals surface area (Å²) in [5.41, 5.74) is 0.318. The third-order valence-electron chi connectivity index (χ3n) is 5.29. The first-order valence-electron chi connectivity index (χ1n) is 9.09. The number of furan rings is 1. The fourth-order valence-corrected chi connectivity index (χ4v) is 3.52. The molecule has 1 aromatic carbocycles. The van der Waals surface area contributed by atoms with Crippen LogP contribution in [0.2, 0.25) is 0 Å². The summed E-state index contributed by atoms with van der Waals surface area (Å²) in [6, 6.07) is 13.8. The molecule has 1 saturated heterocycles. The van der Waals surface area contributed by atoms with Crippen molar-refractivity contribution in [2.24, 2.45) is 5.41 Å². The van der Waals surface area contributed by atoms with E-state index < -0.39 is 5.41 Å². The molecule has 0 atom stereocenters. The van der Waals surface area contributed by atoms with Gasteiger partial charge < -0.3 is 19.5 Å². The van der Waals surface area contributed by atoms with E-state index in [-0.39, 0.29) is 11.8 Å². The first-order valence-corrected chi connectivity index (χ1v) is 9.09. The van der Waals surface area contributed by atoms with Gasteiger partial charge in [0, 0.05) is 31.9 Å². The Morgan fingerprint density at radius 1 is 1.00 bits per heavy atom. The summed E-state index contributed by atoms with van der Waals surface area (Å²) in [5.74, 6) is 0.490. The molecule has 6 nitrogen and oxygen atoms in total. The summed E-state index contributed by atoms with van der Waals surface area (Å²) in [6.45, 7) is 3.21. The van der Waals surface area contributed by atoms with Crippen molar-refractivity contribution in [3.05, 3.63) is 54.5 Å². The van der Waals surface area contributed by atoms with Crippen molar-refractivity contribution < 1.29 is 14.0 Å². The van der Waals surface area contributed by atoms with Gasteiger partial charge >= 0.3 is 0 Å². The summed E-state index contributed by atoms with van der Waals surface area (Å²) in [6.07, 6.45) is 2.84. The van der Waals surface area contributed by atoms with Gasteiger partial charge in [-0.25, -0.2) is 0 Å². The topological polar surface area (TPSA) is 65.8 Å². The predicted octanol–water partition coefficient (Wildman–Crippen LogP) is 2.02. The highest BCUT2D eigenvalue weighted by Gasteiger charge is 2.58. The molecule has 1 aliphatic carbocycles. The minimum atomic E-state index is -0.860. The van der Waals surface area contributed by atoms with Crippen LogP contribution in [0.4, 0.5) is 5.69 Å². The molecule has 26 heavy (non-hydrogen) atoms. The van der Waals surface area contributed by atoms with Gasteiger partial charge in [0.25, 0.3) is 0 Å². The summed E-state index contributed by atoms with van der Waals surface area (Å²) < 4.78 is 5.23. The lowest BCUT2D eigenvalue weighted by atomic mass is 10.0. The van der Waals surface area contributed by atoms with Crippen molar-refractivity contribution >= 4 is 17.5 Å². The van der Waals surface area contributed by atoms with Gasteiger partial charge in [0.1, 0.15) is 11.2 Å². The van der Waals surface area contributed by atoms with E-state index in [0.29, 0.717) is 38.2 Å². The molecule has 2 fully saturated rings. The van der Waals surface area contributed by atoms with Gasteiger partial charge in [-0.3, -0.25) is 9.59 Å². The maximum atomic E-state index is 13.0. The molecule has 1 aromatic heterocycles. The Morgan fingerprint density at radius 3 is 2.35 bits per heavy atom. The third-order valence-corrected chi connectivity index (χ3v) is 5.29. The minimum Gasteiger partial charge on any atom is -0.467 e. The van der Waals surface area contributed by atoms with E-state index in [1.807, 2.05) is 29.2 Å². The molecule has 1 aliphatic heterocycles. The standard InChI is InChI=1S/C20H23N3O3/c24-18(21-15-17-7-4-14-26-17)20(8-9-20)19(25)23-12-10-22(11-13-23)16-5-2-1-3-6-16/h1-7,14H,8-13,15H2,(H,21,24). The Kier molecular flexibility index (Phi) is 4.41. The maximum Gasteiger partial charge on any atom is 0.238 e. The van der Waals surface area contributed by atoms with Crippen LogP contribution in [0, 0.1) is 5.41 Å². The van der Waals surface area contributed by atoms with Crippen LogP contribution in [0.5, 0.6) is 0 Å². The van der Waals surface area contributed by atoms with E-state index in [1.54, 1.807) is 12.3 Å². The Balaban J connectivity index is 1.33. The number of carbonyl (C=O) groups excluding carboxylic acids is 2. The van der Waals surface area contributed by atoms with Crippen molar-refractivity contribution in [3.63, 3.8) is 0 Å². The number of benzene rings is 1. The Labute approximate surface area is 152 Å². The van der Waals surface area contributed by atoms with E-state index in [0.717, 1.165) is 13.1 Å². The smallest absolute Gasteiger partial charge is 0.238 e. The van der Waals surface area contributed by atoms with Crippen LogP contribution in [0.3, 0.4) is 0 Å². The van der Waals surface area contributed by atoms with Crippen LogP contribution in [-0.2, 0) is 16.1 Å². The molecule has 2 aromatic rings.